The highest BCUT2D eigenvalue weighted by Crippen LogP contribution is 2.09. The second kappa shape index (κ2) is 18.7. The normalized spacial score (nSPS) is 11.2. The standard InChI is InChI=1S/C21H43N/c1-4-7-10-13-16-19-22(20-17-14-11-8-5-2)21-18-15-12-9-6-3/h4H,1,5-21H2,2-3H3. The Bertz CT molecular complexity index is 198. The summed E-state index contributed by atoms with van der Waals surface area (Å²) in [6.45, 7) is 12.4. The molecule has 0 aromatic carbocycles. The molecule has 0 unspecified atom stereocenters. The van der Waals surface area contributed by atoms with Crippen LogP contribution >= 0.6 is 0 Å². The quantitative estimate of drug-likeness (QED) is 0.195. The molecular weight excluding hydrogens is 266 g/mol. The Balaban J connectivity index is 3.74. The third kappa shape index (κ3) is 16.1. The van der Waals surface area contributed by atoms with Crippen molar-refractivity contribution in [3.05, 3.63) is 12.7 Å². The second-order valence-corrected chi connectivity index (χ2v) is 6.81. The molecule has 1 nitrogen and oxygen atoms in total. The van der Waals surface area contributed by atoms with Gasteiger partial charge in [0, 0.05) is 0 Å². The Morgan fingerprint density at radius 1 is 0.591 bits per heavy atom. The molecule has 0 radical (unpaired) electrons. The number of nitrogens with zero attached hydrogens (tertiary/aromatic N) is 1. The average Bonchev–Trinajstić information content (AvgIpc) is 2.53. The molecule has 0 amide bonds. The van der Waals surface area contributed by atoms with Crippen molar-refractivity contribution < 1.29 is 0 Å². The monoisotopic (exact) mass is 309 g/mol. The van der Waals surface area contributed by atoms with Crippen LogP contribution in [-0.4, -0.2) is 24.5 Å². The molecule has 0 atom stereocenters. The number of unbranched alkanes of at least 4 members (excludes halogenated alkanes) is 11. The van der Waals surface area contributed by atoms with Gasteiger partial charge in [0.25, 0.3) is 0 Å². The van der Waals surface area contributed by atoms with Gasteiger partial charge in [0.2, 0.25) is 0 Å². The van der Waals surface area contributed by atoms with Gasteiger partial charge in [-0.05, 0) is 51.7 Å². The summed E-state index contributed by atoms with van der Waals surface area (Å²) < 4.78 is 0. The van der Waals surface area contributed by atoms with Crippen molar-refractivity contribution in [1.29, 1.82) is 0 Å². The van der Waals surface area contributed by atoms with Gasteiger partial charge in [-0.1, -0.05) is 77.7 Å². The molecule has 0 bridgehead atoms. The van der Waals surface area contributed by atoms with Gasteiger partial charge in [0.05, 0.1) is 0 Å². The van der Waals surface area contributed by atoms with Gasteiger partial charge in [-0.3, -0.25) is 0 Å². The summed E-state index contributed by atoms with van der Waals surface area (Å²) in [6, 6.07) is 0. The first kappa shape index (κ1) is 21.7. The van der Waals surface area contributed by atoms with Gasteiger partial charge in [-0.15, -0.1) is 6.58 Å². The fourth-order valence-corrected chi connectivity index (χ4v) is 3.01. The predicted molar refractivity (Wildman–Crippen MR) is 103 cm³/mol. The first-order valence-corrected chi connectivity index (χ1v) is 10.2. The molecule has 132 valence electrons. The summed E-state index contributed by atoms with van der Waals surface area (Å²) in [5.41, 5.74) is 0. The molecule has 0 aliphatic heterocycles. The second-order valence-electron chi connectivity index (χ2n) is 6.81. The first-order valence-electron chi connectivity index (χ1n) is 10.2. The van der Waals surface area contributed by atoms with E-state index in [0.29, 0.717) is 0 Å². The minimum absolute atomic E-state index is 1.19. The van der Waals surface area contributed by atoms with Gasteiger partial charge in [0.1, 0.15) is 0 Å². The topological polar surface area (TPSA) is 3.24 Å². The van der Waals surface area contributed by atoms with Crippen molar-refractivity contribution in [3.8, 4) is 0 Å². The molecule has 0 aromatic heterocycles. The van der Waals surface area contributed by atoms with Crippen molar-refractivity contribution in [2.45, 2.75) is 104 Å². The molecule has 0 aliphatic rings. The molecule has 1 heteroatoms. The third-order valence-electron chi connectivity index (χ3n) is 4.54. The lowest BCUT2D eigenvalue weighted by Gasteiger charge is -2.22. The van der Waals surface area contributed by atoms with Crippen LogP contribution in [0.4, 0.5) is 0 Å². The van der Waals surface area contributed by atoms with E-state index in [1.54, 1.807) is 0 Å². The van der Waals surface area contributed by atoms with Gasteiger partial charge in [0.15, 0.2) is 0 Å². The van der Waals surface area contributed by atoms with Crippen molar-refractivity contribution in [2.24, 2.45) is 0 Å². The summed E-state index contributed by atoms with van der Waals surface area (Å²) in [7, 11) is 0. The Kier molecular flexibility index (Phi) is 18.5. The molecule has 22 heavy (non-hydrogen) atoms. The van der Waals surface area contributed by atoms with Gasteiger partial charge >= 0.3 is 0 Å². The van der Waals surface area contributed by atoms with Crippen LogP contribution in [0.3, 0.4) is 0 Å². The summed E-state index contributed by atoms with van der Waals surface area (Å²) in [4.78, 5) is 2.74. The van der Waals surface area contributed by atoms with Crippen molar-refractivity contribution in [3.63, 3.8) is 0 Å². The van der Waals surface area contributed by atoms with Crippen LogP contribution in [0.2, 0.25) is 0 Å². The van der Waals surface area contributed by atoms with E-state index in [1.165, 1.54) is 110 Å². The molecule has 0 rings (SSSR count). The smallest absolute Gasteiger partial charge is 0.00187 e. The van der Waals surface area contributed by atoms with E-state index in [-0.39, 0.29) is 0 Å². The maximum absolute atomic E-state index is 3.81. The van der Waals surface area contributed by atoms with Crippen LogP contribution in [0, 0.1) is 0 Å². The van der Waals surface area contributed by atoms with Gasteiger partial charge in [-0.25, -0.2) is 0 Å². The minimum atomic E-state index is 1.19. The lowest BCUT2D eigenvalue weighted by molar-refractivity contribution is 0.254. The van der Waals surface area contributed by atoms with Crippen LogP contribution in [0.25, 0.3) is 0 Å². The highest BCUT2D eigenvalue weighted by Gasteiger charge is 2.04. The SMILES string of the molecule is C=CCCCCCN(CCCCCCC)CCCCCCC. The van der Waals surface area contributed by atoms with Crippen LogP contribution in [0.15, 0.2) is 12.7 Å². The fraction of sp³-hybridized carbons (Fsp3) is 0.905. The van der Waals surface area contributed by atoms with E-state index in [9.17, 15) is 0 Å². The van der Waals surface area contributed by atoms with E-state index in [0.717, 1.165) is 0 Å². The van der Waals surface area contributed by atoms with E-state index < -0.39 is 0 Å². The highest BCUT2D eigenvalue weighted by molar-refractivity contribution is 4.66. The maximum atomic E-state index is 3.81. The zero-order valence-corrected chi connectivity index (χ0v) is 15.8. The molecule has 0 aromatic rings. The maximum Gasteiger partial charge on any atom is -0.00187 e. The van der Waals surface area contributed by atoms with Gasteiger partial charge in [-0.2, -0.15) is 0 Å². The largest absolute Gasteiger partial charge is 0.303 e. The molecule has 0 heterocycles. The fourth-order valence-electron chi connectivity index (χ4n) is 3.01. The lowest BCUT2D eigenvalue weighted by atomic mass is 10.1. The molecule has 0 aliphatic carbocycles. The minimum Gasteiger partial charge on any atom is -0.303 e. The zero-order chi connectivity index (χ0) is 16.3. The van der Waals surface area contributed by atoms with E-state index in [1.807, 2.05) is 0 Å². The summed E-state index contributed by atoms with van der Waals surface area (Å²) in [5, 5.41) is 0. The number of hydrogen-bond acceptors (Lipinski definition) is 1. The third-order valence-corrected chi connectivity index (χ3v) is 4.54. The van der Waals surface area contributed by atoms with Crippen molar-refractivity contribution >= 4 is 0 Å². The summed E-state index contributed by atoms with van der Waals surface area (Å²) in [6.07, 6.45) is 21.4. The van der Waals surface area contributed by atoms with Gasteiger partial charge < -0.3 is 4.90 Å². The molecule has 0 saturated heterocycles. The Morgan fingerprint density at radius 2 is 1.00 bits per heavy atom. The molecule has 0 fully saturated rings. The predicted octanol–water partition coefficient (Wildman–Crippen LogP) is 6.98. The Morgan fingerprint density at radius 3 is 1.41 bits per heavy atom. The van der Waals surface area contributed by atoms with E-state index in [4.69, 9.17) is 0 Å². The Hall–Kier alpha value is -0.300. The van der Waals surface area contributed by atoms with Crippen molar-refractivity contribution in [1.82, 2.24) is 4.90 Å². The molecule has 0 N–H and O–H groups in total. The van der Waals surface area contributed by atoms with Crippen molar-refractivity contribution in [2.75, 3.05) is 19.6 Å². The summed E-state index contributed by atoms with van der Waals surface area (Å²) in [5.74, 6) is 0. The molecular formula is C21H43N. The lowest BCUT2D eigenvalue weighted by Crippen LogP contribution is -2.27. The first-order chi connectivity index (χ1) is 10.8. The average molecular weight is 310 g/mol. The highest BCUT2D eigenvalue weighted by atomic mass is 15.1. The number of allylic oxidation sites excluding steroid dienone is 1. The van der Waals surface area contributed by atoms with Crippen LogP contribution in [0.5, 0.6) is 0 Å². The van der Waals surface area contributed by atoms with E-state index >= 15 is 0 Å². The van der Waals surface area contributed by atoms with Crippen LogP contribution < -0.4 is 0 Å². The zero-order valence-electron chi connectivity index (χ0n) is 15.8. The number of rotatable bonds is 18. The Labute approximate surface area is 141 Å². The van der Waals surface area contributed by atoms with Crippen LogP contribution in [0.1, 0.15) is 104 Å². The van der Waals surface area contributed by atoms with E-state index in [2.05, 4.69) is 31.4 Å². The molecule has 0 saturated carbocycles. The van der Waals surface area contributed by atoms with Crippen LogP contribution in [-0.2, 0) is 0 Å². The molecule has 0 spiro atoms. The number of hydrogen-bond donors (Lipinski definition) is 0. The summed E-state index contributed by atoms with van der Waals surface area (Å²) >= 11 is 0.